The Labute approximate surface area is 336 Å². The van der Waals surface area contributed by atoms with Crippen molar-refractivity contribution in [1.82, 2.24) is 29.7 Å². The highest BCUT2D eigenvalue weighted by molar-refractivity contribution is 6.12. The van der Waals surface area contributed by atoms with Crippen molar-refractivity contribution in [3.8, 4) is 11.5 Å². The van der Waals surface area contributed by atoms with Gasteiger partial charge in [-0.05, 0) is 61.2 Å². The van der Waals surface area contributed by atoms with Crippen molar-refractivity contribution in [1.29, 1.82) is 0 Å². The van der Waals surface area contributed by atoms with E-state index in [1.54, 1.807) is 49.1 Å². The summed E-state index contributed by atoms with van der Waals surface area (Å²) in [7, 11) is 8.80. The van der Waals surface area contributed by atoms with E-state index >= 15 is 0 Å². The topological polar surface area (TPSA) is 177 Å². The number of anilines is 4. The number of methoxy groups -OCH3 is 1. The molecule has 0 saturated carbocycles. The van der Waals surface area contributed by atoms with Crippen LogP contribution in [0.15, 0.2) is 60.8 Å². The van der Waals surface area contributed by atoms with Crippen LogP contribution in [-0.4, -0.2) is 96.2 Å². The highest BCUT2D eigenvalue weighted by Gasteiger charge is 2.39. The van der Waals surface area contributed by atoms with Gasteiger partial charge in [0.1, 0.15) is 0 Å². The average Bonchev–Trinajstić information content (AvgIpc) is 3.84. The molecule has 4 amide bonds. The number of aromatic nitrogens is 4. The Morgan fingerprint density at radius 1 is 0.914 bits per heavy atom. The van der Waals surface area contributed by atoms with Crippen LogP contribution in [0.25, 0.3) is 11.0 Å². The predicted octanol–water partition coefficient (Wildman–Crippen LogP) is 4.36. The Bertz CT molecular complexity index is 2400. The number of para-hydroxylation sites is 1. The molecule has 16 nitrogen and oxygen atoms in total. The fourth-order valence-electron chi connectivity index (χ4n) is 7.69. The molecule has 58 heavy (non-hydrogen) atoms. The van der Waals surface area contributed by atoms with E-state index < -0.39 is 5.91 Å². The number of likely N-dealkylation sites (N-methyl/N-ethyl adjacent to an activating group) is 1. The molecule has 2 aliphatic rings. The van der Waals surface area contributed by atoms with Crippen LogP contribution in [0.1, 0.15) is 63.8 Å². The van der Waals surface area contributed by atoms with Crippen LogP contribution < -0.4 is 40.5 Å². The van der Waals surface area contributed by atoms with Gasteiger partial charge in [-0.3, -0.25) is 19.2 Å². The molecule has 0 unspecified atom stereocenters. The van der Waals surface area contributed by atoms with E-state index in [-0.39, 0.29) is 59.7 Å². The number of ether oxygens (including phenoxy) is 2. The lowest BCUT2D eigenvalue weighted by Gasteiger charge is -2.25. The van der Waals surface area contributed by atoms with Gasteiger partial charge in [-0.25, -0.2) is 9.97 Å². The van der Waals surface area contributed by atoms with E-state index in [4.69, 9.17) is 9.47 Å². The Morgan fingerprint density at radius 3 is 2.48 bits per heavy atom. The number of carbonyl (C=O) groups excluding carboxylic acids is 4. The van der Waals surface area contributed by atoms with E-state index in [0.29, 0.717) is 53.3 Å². The van der Waals surface area contributed by atoms with Crippen LogP contribution in [0, 0.1) is 5.41 Å². The van der Waals surface area contributed by atoms with Crippen molar-refractivity contribution in [2.24, 2.45) is 19.5 Å². The van der Waals surface area contributed by atoms with Gasteiger partial charge in [-0.15, -0.1) is 0 Å². The summed E-state index contributed by atoms with van der Waals surface area (Å²) in [5.41, 5.74) is 5.04. The van der Waals surface area contributed by atoms with Gasteiger partial charge in [0.25, 0.3) is 17.7 Å². The Kier molecular flexibility index (Phi) is 11.1. The van der Waals surface area contributed by atoms with Gasteiger partial charge in [-0.1, -0.05) is 32.0 Å². The van der Waals surface area contributed by atoms with Gasteiger partial charge in [-0.2, -0.15) is 0 Å². The van der Waals surface area contributed by atoms with Crippen molar-refractivity contribution < 1.29 is 28.7 Å². The van der Waals surface area contributed by atoms with Gasteiger partial charge in [0.15, 0.2) is 23.1 Å². The molecule has 0 aliphatic carbocycles. The summed E-state index contributed by atoms with van der Waals surface area (Å²) >= 11 is 0. The number of hydrogen-bond donors (Lipinski definition) is 4. The lowest BCUT2D eigenvalue weighted by molar-refractivity contribution is -0.116. The van der Waals surface area contributed by atoms with Crippen LogP contribution in [0.3, 0.4) is 0 Å². The van der Waals surface area contributed by atoms with Crippen molar-refractivity contribution >= 4 is 57.5 Å². The first-order valence-electron chi connectivity index (χ1n) is 19.3. The second-order valence-corrected chi connectivity index (χ2v) is 15.7. The first-order chi connectivity index (χ1) is 27.8. The molecule has 304 valence electrons. The zero-order chi connectivity index (χ0) is 41.3. The second kappa shape index (κ2) is 16.2. The first kappa shape index (κ1) is 39.8. The lowest BCUT2D eigenvalue weighted by atomic mass is 9.93. The van der Waals surface area contributed by atoms with E-state index in [0.717, 1.165) is 29.9 Å². The molecule has 5 aromatic rings. The highest BCUT2D eigenvalue weighted by atomic mass is 16.5. The maximum absolute atomic E-state index is 13.9. The molecule has 0 fully saturated rings. The summed E-state index contributed by atoms with van der Waals surface area (Å²) in [5, 5.41) is 11.7. The van der Waals surface area contributed by atoms with Gasteiger partial charge < -0.3 is 49.7 Å². The van der Waals surface area contributed by atoms with Gasteiger partial charge in [0.2, 0.25) is 11.7 Å². The van der Waals surface area contributed by atoms with E-state index in [1.807, 2.05) is 43.3 Å². The van der Waals surface area contributed by atoms with Crippen LogP contribution in [0.4, 0.5) is 22.9 Å². The molecule has 0 spiro atoms. The van der Waals surface area contributed by atoms with Crippen molar-refractivity contribution in [3.05, 3.63) is 83.6 Å². The molecule has 0 saturated heterocycles. The predicted molar refractivity (Wildman–Crippen MR) is 222 cm³/mol. The SMILES string of the molecule is CNCC(C)(C)CNC(=O)c1nc2ccc(NC(=O)c3nc(NC(=O)CCCOc4cc5c(cc4OC)C(=O)N4c6ccccc6C[C@H]4CN5C)cn3C)cc2n1C. The molecule has 16 heteroatoms. The molecule has 1 atom stereocenters. The van der Waals surface area contributed by atoms with Crippen molar-refractivity contribution in [3.63, 3.8) is 0 Å². The van der Waals surface area contributed by atoms with Gasteiger partial charge >= 0.3 is 0 Å². The van der Waals surface area contributed by atoms with Crippen molar-refractivity contribution in [2.75, 3.05) is 67.9 Å². The van der Waals surface area contributed by atoms with Gasteiger partial charge in [0, 0.05) is 70.8 Å². The fraction of sp³-hybridized carbons (Fsp3) is 0.381. The van der Waals surface area contributed by atoms with E-state index in [2.05, 4.69) is 56.0 Å². The third kappa shape index (κ3) is 8.05. The van der Waals surface area contributed by atoms with Gasteiger partial charge in [0.05, 0.1) is 42.0 Å². The number of imidazole rings is 2. The third-order valence-corrected chi connectivity index (χ3v) is 10.6. The number of benzene rings is 3. The van der Waals surface area contributed by atoms with Crippen LogP contribution >= 0.6 is 0 Å². The zero-order valence-corrected chi connectivity index (χ0v) is 33.9. The summed E-state index contributed by atoms with van der Waals surface area (Å²) in [5.74, 6) is 0.383. The molecule has 0 radical (unpaired) electrons. The summed E-state index contributed by atoms with van der Waals surface area (Å²) in [6.07, 6.45) is 2.89. The number of rotatable bonds is 14. The first-order valence-corrected chi connectivity index (χ1v) is 19.3. The molecule has 2 aliphatic heterocycles. The minimum Gasteiger partial charge on any atom is -0.493 e. The monoisotopic (exact) mass is 790 g/mol. The Balaban J connectivity index is 0.930. The number of hydrogen-bond acceptors (Lipinski definition) is 10. The minimum absolute atomic E-state index is 0.0189. The number of amides is 4. The summed E-state index contributed by atoms with van der Waals surface area (Å²) in [4.78, 5) is 65.9. The van der Waals surface area contributed by atoms with Crippen LogP contribution in [-0.2, 0) is 25.3 Å². The number of fused-ring (bicyclic) bond motifs is 5. The molecule has 4 N–H and O–H groups in total. The molecule has 4 heterocycles. The second-order valence-electron chi connectivity index (χ2n) is 15.7. The lowest BCUT2D eigenvalue weighted by Crippen LogP contribution is -2.41. The Hall–Kier alpha value is -6.42. The average molecular weight is 791 g/mol. The normalized spacial score (nSPS) is 14.7. The maximum Gasteiger partial charge on any atom is 0.291 e. The van der Waals surface area contributed by atoms with Crippen LogP contribution in [0.5, 0.6) is 11.5 Å². The van der Waals surface area contributed by atoms with Crippen molar-refractivity contribution in [2.45, 2.75) is 39.2 Å². The van der Waals surface area contributed by atoms with E-state index in [9.17, 15) is 19.2 Å². The molecule has 2 aromatic heterocycles. The number of nitrogens with one attached hydrogen (secondary N) is 4. The number of aryl methyl sites for hydroxylation is 2. The summed E-state index contributed by atoms with van der Waals surface area (Å²) < 4.78 is 15.0. The fourth-order valence-corrected chi connectivity index (χ4v) is 7.69. The number of carbonyl (C=O) groups is 4. The smallest absolute Gasteiger partial charge is 0.291 e. The van der Waals surface area contributed by atoms with Crippen LogP contribution in [0.2, 0.25) is 0 Å². The molecule has 7 rings (SSSR count). The quantitative estimate of drug-likeness (QED) is 0.118. The minimum atomic E-state index is -0.477. The zero-order valence-electron chi connectivity index (χ0n) is 33.9. The standard InChI is InChI=1S/C42H50N10O6/c1-42(2,23-43-3)24-44-39(54)38-46-29-15-14-26(18-32(29)51(38)6)45-40(55)37-48-35(22-50(37)5)47-36(53)13-10-16-58-34-20-31-28(19-33(34)57-7)41(56)52-27(21-49(31)4)17-25-11-8-9-12-30(25)52/h8-9,11-12,14-15,18-20,22,27,43H,10,13,16-17,21,23-24H2,1-7H3,(H,44,54)(H,45,55)(H,47,53)/t27-/m0/s1. The highest BCUT2D eigenvalue weighted by Crippen LogP contribution is 2.42. The molecule has 0 bridgehead atoms. The third-order valence-electron chi connectivity index (χ3n) is 10.6. The molecular weight excluding hydrogens is 741 g/mol. The summed E-state index contributed by atoms with van der Waals surface area (Å²) in [6.45, 7) is 6.22. The Morgan fingerprint density at radius 2 is 1.71 bits per heavy atom. The van der Waals surface area contributed by atoms with E-state index in [1.165, 1.54) is 11.7 Å². The summed E-state index contributed by atoms with van der Waals surface area (Å²) in [6, 6.07) is 16.8. The maximum atomic E-state index is 13.9. The number of nitrogens with zero attached hydrogens (tertiary/aromatic N) is 6. The molecular formula is C42H50N10O6. The largest absolute Gasteiger partial charge is 0.493 e. The molecule has 3 aromatic carbocycles.